The maximum absolute atomic E-state index is 12.0. The van der Waals surface area contributed by atoms with Crippen LogP contribution in [0.5, 0.6) is 0 Å². The second-order valence-electron chi connectivity index (χ2n) is 6.71. The average Bonchev–Trinajstić information content (AvgIpc) is 2.80. The molecule has 0 radical (unpaired) electrons. The first-order valence-electron chi connectivity index (χ1n) is 9.73. The average molecular weight is 823 g/mol. The lowest BCUT2D eigenvalue weighted by molar-refractivity contribution is -0.115. The van der Waals surface area contributed by atoms with E-state index in [-0.39, 0.29) is 30.0 Å². The van der Waals surface area contributed by atoms with E-state index in [1.807, 2.05) is 67.8 Å². The van der Waals surface area contributed by atoms with Crippen LogP contribution in [0.3, 0.4) is 0 Å². The standard InChI is InChI=1S/C12H11I3N2O4.C7H17NO5/c1-3-4(18)17-10-8(14)5(11(19)16-2)7(13)6(9(10)15)12(20)21;1-8-2-4(10)6(12)7(13)5(11)3-9/h3H2,1-2H3,(H,16,19)(H,17,18)(H,20,21);4-13H,2-3H2,1H3. The molecule has 1 aromatic rings. The van der Waals surface area contributed by atoms with E-state index in [2.05, 4.69) is 16.0 Å². The first-order valence-corrected chi connectivity index (χ1v) is 13.0. The van der Waals surface area contributed by atoms with Gasteiger partial charge in [0.1, 0.15) is 18.3 Å². The van der Waals surface area contributed by atoms with Gasteiger partial charge in [-0.2, -0.15) is 0 Å². The van der Waals surface area contributed by atoms with E-state index in [0.29, 0.717) is 16.4 Å². The summed E-state index contributed by atoms with van der Waals surface area (Å²) < 4.78 is 1.28. The fourth-order valence-corrected chi connectivity index (χ4v) is 6.79. The molecule has 15 heteroatoms. The number of hydrogen-bond acceptors (Lipinski definition) is 9. The van der Waals surface area contributed by atoms with E-state index in [1.165, 1.54) is 7.05 Å². The summed E-state index contributed by atoms with van der Waals surface area (Å²) in [5, 5.41) is 62.0. The summed E-state index contributed by atoms with van der Waals surface area (Å²) in [6.45, 7) is 1.13. The number of amides is 2. The number of aliphatic hydroxyl groups is 5. The molecule has 4 atom stereocenters. The molecular formula is C19H28I3N3O9. The van der Waals surface area contributed by atoms with Crippen molar-refractivity contribution in [3.63, 3.8) is 0 Å². The van der Waals surface area contributed by atoms with Crippen molar-refractivity contribution < 1.29 is 45.0 Å². The Bertz CT molecular complexity index is 873. The van der Waals surface area contributed by atoms with E-state index in [1.54, 1.807) is 14.0 Å². The molecular weight excluding hydrogens is 795 g/mol. The van der Waals surface area contributed by atoms with Crippen LogP contribution >= 0.6 is 67.8 Å². The minimum Gasteiger partial charge on any atom is -0.478 e. The molecule has 1 rings (SSSR count). The van der Waals surface area contributed by atoms with Crippen molar-refractivity contribution in [2.45, 2.75) is 37.8 Å². The number of halogens is 3. The number of carboxylic acid groups (broad SMARTS) is 1. The second kappa shape index (κ2) is 16.3. The van der Waals surface area contributed by atoms with Crippen LogP contribution in [-0.4, -0.2) is 100 Å². The van der Waals surface area contributed by atoms with Crippen LogP contribution in [0.4, 0.5) is 5.69 Å². The Morgan fingerprint density at radius 1 is 0.882 bits per heavy atom. The Balaban J connectivity index is 0.000000722. The minimum absolute atomic E-state index is 0.0154. The van der Waals surface area contributed by atoms with Gasteiger partial charge in [-0.05, 0) is 74.8 Å². The zero-order valence-electron chi connectivity index (χ0n) is 18.5. The number of benzene rings is 1. The van der Waals surface area contributed by atoms with E-state index in [4.69, 9.17) is 20.4 Å². The zero-order chi connectivity index (χ0) is 26.7. The number of aromatic carboxylic acids is 1. The zero-order valence-corrected chi connectivity index (χ0v) is 24.9. The number of anilines is 1. The molecule has 12 nitrogen and oxygen atoms in total. The fourth-order valence-electron chi connectivity index (χ4n) is 2.41. The molecule has 0 saturated heterocycles. The van der Waals surface area contributed by atoms with Crippen LogP contribution in [0.1, 0.15) is 34.1 Å². The van der Waals surface area contributed by atoms with Crippen LogP contribution < -0.4 is 16.0 Å². The predicted octanol–water partition coefficient (Wildman–Crippen LogP) is -0.452. The summed E-state index contributed by atoms with van der Waals surface area (Å²) in [6, 6.07) is 0. The molecule has 0 saturated carbocycles. The van der Waals surface area contributed by atoms with Crippen LogP contribution in [-0.2, 0) is 4.79 Å². The van der Waals surface area contributed by atoms with Crippen molar-refractivity contribution in [1.82, 2.24) is 10.6 Å². The summed E-state index contributed by atoms with van der Waals surface area (Å²) in [5.74, 6) is -1.78. The van der Waals surface area contributed by atoms with Gasteiger partial charge in [0.15, 0.2) is 0 Å². The van der Waals surface area contributed by atoms with Gasteiger partial charge in [0.05, 0.1) is 36.7 Å². The van der Waals surface area contributed by atoms with Gasteiger partial charge in [0.25, 0.3) is 5.91 Å². The lowest BCUT2D eigenvalue weighted by Crippen LogP contribution is -2.48. The normalized spacial score (nSPS) is 14.2. The fraction of sp³-hybridized carbons (Fsp3) is 0.526. The van der Waals surface area contributed by atoms with E-state index in [0.717, 1.165) is 0 Å². The largest absolute Gasteiger partial charge is 0.478 e. The Labute approximate surface area is 237 Å². The van der Waals surface area contributed by atoms with Crippen LogP contribution in [0.2, 0.25) is 0 Å². The Hall–Kier alpha value is -0.420. The number of carbonyl (C=O) groups is 3. The number of hydrogen-bond donors (Lipinski definition) is 9. The number of likely N-dealkylation sites (N-methyl/N-ethyl adjacent to an activating group) is 1. The lowest BCUT2D eigenvalue weighted by Gasteiger charge is -2.25. The smallest absolute Gasteiger partial charge is 0.337 e. The molecule has 0 spiro atoms. The predicted molar refractivity (Wildman–Crippen MR) is 149 cm³/mol. The van der Waals surface area contributed by atoms with Gasteiger partial charge in [-0.15, -0.1) is 0 Å². The third kappa shape index (κ3) is 9.22. The summed E-state index contributed by atoms with van der Waals surface area (Å²) in [5.41, 5.74) is 0.629. The summed E-state index contributed by atoms with van der Waals surface area (Å²) in [6.07, 6.45) is -5.39. The van der Waals surface area contributed by atoms with Crippen molar-refractivity contribution in [3.8, 4) is 0 Å². The van der Waals surface area contributed by atoms with Crippen molar-refractivity contribution in [2.75, 3.05) is 32.6 Å². The SMILES string of the molecule is CCC(=O)Nc1c(I)c(C(=O)O)c(I)c(C(=O)NC)c1I.CNCC(O)C(O)C(O)C(O)CO. The number of aliphatic hydroxyl groups excluding tert-OH is 5. The van der Waals surface area contributed by atoms with E-state index >= 15 is 0 Å². The molecule has 0 heterocycles. The van der Waals surface area contributed by atoms with Gasteiger partial charge >= 0.3 is 5.97 Å². The molecule has 0 aliphatic carbocycles. The van der Waals surface area contributed by atoms with Crippen molar-refractivity contribution >= 4 is 91.2 Å². The quantitative estimate of drug-likeness (QED) is 0.139. The summed E-state index contributed by atoms with van der Waals surface area (Å²) in [4.78, 5) is 35.1. The van der Waals surface area contributed by atoms with Crippen molar-refractivity contribution in [3.05, 3.63) is 21.8 Å². The van der Waals surface area contributed by atoms with Gasteiger partial charge in [-0.1, -0.05) is 6.92 Å². The van der Waals surface area contributed by atoms with E-state index in [9.17, 15) is 24.6 Å². The molecule has 0 aliphatic heterocycles. The topological polar surface area (TPSA) is 209 Å². The van der Waals surface area contributed by atoms with Gasteiger partial charge < -0.3 is 46.6 Å². The van der Waals surface area contributed by atoms with Gasteiger partial charge in [-0.3, -0.25) is 9.59 Å². The molecule has 1 aromatic carbocycles. The monoisotopic (exact) mass is 823 g/mol. The van der Waals surface area contributed by atoms with Gasteiger partial charge in [-0.25, -0.2) is 4.79 Å². The Morgan fingerprint density at radius 2 is 1.38 bits per heavy atom. The number of carbonyl (C=O) groups excluding carboxylic acids is 2. The highest BCUT2D eigenvalue weighted by Gasteiger charge is 2.29. The Morgan fingerprint density at radius 3 is 1.79 bits per heavy atom. The third-order valence-corrected chi connectivity index (χ3v) is 7.55. The Kier molecular flexibility index (Phi) is 16.1. The van der Waals surface area contributed by atoms with Gasteiger partial charge in [0, 0.05) is 23.6 Å². The number of carboxylic acids is 1. The van der Waals surface area contributed by atoms with Crippen molar-refractivity contribution in [2.24, 2.45) is 0 Å². The summed E-state index contributed by atoms with van der Waals surface area (Å²) >= 11 is 5.66. The molecule has 34 heavy (non-hydrogen) atoms. The van der Waals surface area contributed by atoms with Crippen LogP contribution in [0.15, 0.2) is 0 Å². The summed E-state index contributed by atoms with van der Waals surface area (Å²) in [7, 11) is 3.04. The van der Waals surface area contributed by atoms with Crippen molar-refractivity contribution in [1.29, 1.82) is 0 Å². The molecule has 0 aliphatic rings. The first kappa shape index (κ1) is 33.6. The molecule has 4 unspecified atom stereocenters. The number of rotatable bonds is 10. The molecule has 0 aromatic heterocycles. The highest BCUT2D eigenvalue weighted by atomic mass is 127. The highest BCUT2D eigenvalue weighted by Crippen LogP contribution is 2.35. The molecule has 0 bridgehead atoms. The maximum atomic E-state index is 12.0. The highest BCUT2D eigenvalue weighted by molar-refractivity contribution is 14.1. The molecule has 9 N–H and O–H groups in total. The maximum Gasteiger partial charge on any atom is 0.337 e. The molecule has 2 amide bonds. The lowest BCUT2D eigenvalue weighted by atomic mass is 10.0. The first-order chi connectivity index (χ1) is 15.8. The number of nitrogens with one attached hydrogen (secondary N) is 3. The second-order valence-corrected chi connectivity index (χ2v) is 9.95. The molecule has 194 valence electrons. The van der Waals surface area contributed by atoms with Crippen LogP contribution in [0.25, 0.3) is 0 Å². The van der Waals surface area contributed by atoms with E-state index < -0.39 is 42.9 Å². The third-order valence-electron chi connectivity index (χ3n) is 4.31. The molecule has 0 fully saturated rings. The van der Waals surface area contributed by atoms with Crippen LogP contribution in [0, 0.1) is 10.7 Å². The van der Waals surface area contributed by atoms with Gasteiger partial charge in [0.2, 0.25) is 5.91 Å². The minimum atomic E-state index is -1.55.